The first-order valence-electron chi connectivity index (χ1n) is 9.56. The zero-order valence-electron chi connectivity index (χ0n) is 16.3. The van der Waals surface area contributed by atoms with E-state index >= 15 is 0 Å². The van der Waals surface area contributed by atoms with Crippen molar-refractivity contribution >= 4 is 11.7 Å². The third kappa shape index (κ3) is 5.23. The van der Waals surface area contributed by atoms with E-state index in [1.165, 1.54) is 0 Å². The quantitative estimate of drug-likeness (QED) is 0.818. The molecule has 0 bridgehead atoms. The summed E-state index contributed by atoms with van der Waals surface area (Å²) in [6, 6.07) is 9.17. The van der Waals surface area contributed by atoms with Crippen LogP contribution in [0.25, 0.3) is 0 Å². The van der Waals surface area contributed by atoms with Gasteiger partial charge in [-0.25, -0.2) is 4.79 Å². The molecule has 27 heavy (non-hydrogen) atoms. The first-order valence-corrected chi connectivity index (χ1v) is 9.56. The molecule has 7 heteroatoms. The number of piperidine rings is 1. The monoisotopic (exact) mass is 371 g/mol. The molecule has 2 N–H and O–H groups in total. The van der Waals surface area contributed by atoms with Gasteiger partial charge in [0.05, 0.1) is 11.7 Å². The summed E-state index contributed by atoms with van der Waals surface area (Å²) in [6.45, 7) is 4.17. The number of aromatic nitrogens is 2. The van der Waals surface area contributed by atoms with E-state index in [-0.39, 0.29) is 18.2 Å². The van der Waals surface area contributed by atoms with Gasteiger partial charge in [-0.15, -0.1) is 0 Å². The van der Waals surface area contributed by atoms with E-state index in [0.717, 1.165) is 49.5 Å². The van der Waals surface area contributed by atoms with Crippen molar-refractivity contribution in [2.75, 3.05) is 25.5 Å². The Morgan fingerprint density at radius 3 is 2.52 bits per heavy atom. The molecule has 1 fully saturated rings. The molecule has 2 amide bonds. The number of carbonyl (C=O) groups excluding carboxylic acids is 1. The van der Waals surface area contributed by atoms with Crippen LogP contribution in [0.4, 0.5) is 10.5 Å². The Morgan fingerprint density at radius 1 is 1.22 bits per heavy atom. The zero-order chi connectivity index (χ0) is 19.2. The van der Waals surface area contributed by atoms with Crippen molar-refractivity contribution in [2.24, 2.45) is 7.05 Å². The lowest BCUT2D eigenvalue weighted by Gasteiger charge is -2.29. The highest BCUT2D eigenvalue weighted by atomic mass is 16.5. The van der Waals surface area contributed by atoms with E-state index in [1.807, 2.05) is 44.3 Å². The summed E-state index contributed by atoms with van der Waals surface area (Å²) in [6.07, 6.45) is 4.89. The molecule has 1 unspecified atom stereocenters. The topological polar surface area (TPSA) is 71.4 Å². The van der Waals surface area contributed by atoms with Crippen molar-refractivity contribution in [3.05, 3.63) is 42.2 Å². The highest BCUT2D eigenvalue weighted by molar-refractivity contribution is 5.89. The van der Waals surface area contributed by atoms with Gasteiger partial charge in [-0.3, -0.25) is 4.68 Å². The Labute approximate surface area is 160 Å². The molecule has 1 aromatic heterocycles. The minimum Gasteiger partial charge on any atom is -0.490 e. The maximum atomic E-state index is 12.3. The molecule has 3 rings (SSSR count). The number of urea groups is 1. The minimum atomic E-state index is -0.230. The number of likely N-dealkylation sites (tertiary alicyclic amines) is 1. The summed E-state index contributed by atoms with van der Waals surface area (Å²) in [7, 11) is 4.01. The summed E-state index contributed by atoms with van der Waals surface area (Å²) in [5, 5.41) is 10.0. The molecular formula is C20H29N5O2. The number of hydrogen-bond acceptors (Lipinski definition) is 4. The fourth-order valence-corrected chi connectivity index (χ4v) is 3.35. The van der Waals surface area contributed by atoms with E-state index in [9.17, 15) is 4.79 Å². The lowest BCUT2D eigenvalue weighted by Crippen LogP contribution is -2.35. The van der Waals surface area contributed by atoms with Crippen LogP contribution in [0.15, 0.2) is 36.5 Å². The number of nitrogens with zero attached hydrogens (tertiary/aromatic N) is 3. The van der Waals surface area contributed by atoms with Crippen LogP contribution in [-0.2, 0) is 7.05 Å². The number of aryl methyl sites for hydroxylation is 1. The molecule has 1 aliphatic heterocycles. The van der Waals surface area contributed by atoms with Gasteiger partial charge in [0, 0.05) is 32.0 Å². The van der Waals surface area contributed by atoms with E-state index in [0.29, 0.717) is 0 Å². The van der Waals surface area contributed by atoms with Crippen molar-refractivity contribution in [1.29, 1.82) is 0 Å². The molecule has 0 aliphatic carbocycles. The average Bonchev–Trinajstić information content (AvgIpc) is 3.09. The van der Waals surface area contributed by atoms with Gasteiger partial charge in [-0.1, -0.05) is 6.92 Å². The maximum Gasteiger partial charge on any atom is 0.319 e. The van der Waals surface area contributed by atoms with Gasteiger partial charge in [0.1, 0.15) is 11.9 Å². The van der Waals surface area contributed by atoms with Crippen LogP contribution >= 0.6 is 0 Å². The van der Waals surface area contributed by atoms with Gasteiger partial charge < -0.3 is 20.3 Å². The fraction of sp³-hybridized carbons (Fsp3) is 0.500. The van der Waals surface area contributed by atoms with Gasteiger partial charge >= 0.3 is 6.03 Å². The van der Waals surface area contributed by atoms with Crippen molar-refractivity contribution in [3.8, 4) is 5.75 Å². The molecule has 0 saturated carbocycles. The van der Waals surface area contributed by atoms with Crippen LogP contribution in [0, 0.1) is 0 Å². The molecule has 1 saturated heterocycles. The summed E-state index contributed by atoms with van der Waals surface area (Å²) in [5.41, 5.74) is 1.72. The van der Waals surface area contributed by atoms with Gasteiger partial charge in [0.25, 0.3) is 0 Å². The normalized spacial score (nSPS) is 16.7. The molecule has 0 spiro atoms. The summed E-state index contributed by atoms with van der Waals surface area (Å²) < 4.78 is 7.82. The Morgan fingerprint density at radius 2 is 1.93 bits per heavy atom. The van der Waals surface area contributed by atoms with Gasteiger partial charge in [-0.05, 0) is 56.6 Å². The number of amides is 2. The van der Waals surface area contributed by atoms with Crippen LogP contribution in [0.5, 0.6) is 5.75 Å². The smallest absolute Gasteiger partial charge is 0.319 e. The lowest BCUT2D eigenvalue weighted by atomic mass is 10.1. The number of carbonyl (C=O) groups is 1. The van der Waals surface area contributed by atoms with Crippen molar-refractivity contribution in [3.63, 3.8) is 0 Å². The third-order valence-electron chi connectivity index (χ3n) is 5.01. The first kappa shape index (κ1) is 19.2. The van der Waals surface area contributed by atoms with Crippen LogP contribution in [0.2, 0.25) is 0 Å². The summed E-state index contributed by atoms with van der Waals surface area (Å²) in [5.74, 6) is 0.844. The predicted octanol–water partition coefficient (Wildman–Crippen LogP) is 3.17. The lowest BCUT2D eigenvalue weighted by molar-refractivity contribution is 0.114. The van der Waals surface area contributed by atoms with E-state index in [1.54, 1.807) is 10.9 Å². The second-order valence-electron chi connectivity index (χ2n) is 7.08. The van der Waals surface area contributed by atoms with Crippen LogP contribution in [-0.4, -0.2) is 47.0 Å². The van der Waals surface area contributed by atoms with Crippen LogP contribution in [0.3, 0.4) is 0 Å². The number of rotatable bonds is 6. The Bertz CT molecular complexity index is 735. The molecule has 1 aliphatic rings. The predicted molar refractivity (Wildman–Crippen MR) is 106 cm³/mol. The van der Waals surface area contributed by atoms with Crippen LogP contribution in [0.1, 0.15) is 37.9 Å². The standard InChI is InChI=1S/C20H29N5O2/c1-4-18(19-9-12-21-25(19)3)23-20(26)22-15-5-7-16(8-6-15)27-17-10-13-24(2)14-11-17/h5-9,12,17-18H,4,10-11,13-14H2,1-3H3,(H2,22,23,26). The first-order chi connectivity index (χ1) is 13.0. The number of ether oxygens (including phenoxy) is 1. The second-order valence-corrected chi connectivity index (χ2v) is 7.08. The fourth-order valence-electron chi connectivity index (χ4n) is 3.35. The third-order valence-corrected chi connectivity index (χ3v) is 5.01. The summed E-state index contributed by atoms with van der Waals surface area (Å²) >= 11 is 0. The number of anilines is 1. The van der Waals surface area contributed by atoms with E-state index in [2.05, 4.69) is 27.7 Å². The minimum absolute atomic E-state index is 0.0791. The molecule has 146 valence electrons. The highest BCUT2D eigenvalue weighted by Gasteiger charge is 2.18. The number of nitrogens with one attached hydrogen (secondary N) is 2. The highest BCUT2D eigenvalue weighted by Crippen LogP contribution is 2.21. The summed E-state index contributed by atoms with van der Waals surface area (Å²) in [4.78, 5) is 14.7. The molecule has 0 radical (unpaired) electrons. The molecule has 1 atom stereocenters. The van der Waals surface area contributed by atoms with Crippen LogP contribution < -0.4 is 15.4 Å². The SMILES string of the molecule is CCC(NC(=O)Nc1ccc(OC2CCN(C)CC2)cc1)c1ccnn1C. The van der Waals surface area contributed by atoms with Crippen molar-refractivity contribution in [1.82, 2.24) is 20.0 Å². The van der Waals surface area contributed by atoms with Crippen molar-refractivity contribution in [2.45, 2.75) is 38.3 Å². The molecule has 2 heterocycles. The average molecular weight is 371 g/mol. The Balaban J connectivity index is 1.51. The van der Waals surface area contributed by atoms with Gasteiger partial charge in [0.15, 0.2) is 0 Å². The Hall–Kier alpha value is -2.54. The molecular weight excluding hydrogens is 342 g/mol. The van der Waals surface area contributed by atoms with E-state index in [4.69, 9.17) is 4.74 Å². The molecule has 7 nitrogen and oxygen atoms in total. The second kappa shape index (κ2) is 8.90. The Kier molecular flexibility index (Phi) is 6.34. The largest absolute Gasteiger partial charge is 0.490 e. The number of hydrogen-bond donors (Lipinski definition) is 2. The van der Waals surface area contributed by atoms with Gasteiger partial charge in [-0.2, -0.15) is 5.10 Å². The van der Waals surface area contributed by atoms with Crippen molar-refractivity contribution < 1.29 is 9.53 Å². The molecule has 1 aromatic carbocycles. The van der Waals surface area contributed by atoms with E-state index < -0.39 is 0 Å². The maximum absolute atomic E-state index is 12.3. The number of benzene rings is 1. The molecule has 2 aromatic rings. The van der Waals surface area contributed by atoms with Gasteiger partial charge in [0.2, 0.25) is 0 Å². The zero-order valence-corrected chi connectivity index (χ0v) is 16.3.